The molecule has 0 spiro atoms. The minimum absolute atomic E-state index is 0.181. The van der Waals surface area contributed by atoms with Crippen molar-refractivity contribution < 1.29 is 8.78 Å². The van der Waals surface area contributed by atoms with E-state index < -0.39 is 5.82 Å². The van der Waals surface area contributed by atoms with E-state index in [0.717, 1.165) is 24.7 Å². The smallest absolute Gasteiger partial charge is 0.126 e. The van der Waals surface area contributed by atoms with Gasteiger partial charge < -0.3 is 5.32 Å². The van der Waals surface area contributed by atoms with Crippen molar-refractivity contribution in [2.75, 3.05) is 13.1 Å². The Bertz CT molecular complexity index is 621. The summed E-state index contributed by atoms with van der Waals surface area (Å²) in [6, 6.07) is 11.2. The molecule has 104 valence electrons. The van der Waals surface area contributed by atoms with Gasteiger partial charge in [0.25, 0.3) is 0 Å². The zero-order valence-corrected chi connectivity index (χ0v) is 11.6. The summed E-state index contributed by atoms with van der Waals surface area (Å²) in [4.78, 5) is 0. The van der Waals surface area contributed by atoms with Crippen LogP contribution in [0.4, 0.5) is 8.78 Å². The summed E-state index contributed by atoms with van der Waals surface area (Å²) < 4.78 is 27.1. The fourth-order valence-electron chi connectivity index (χ4n) is 2.70. The van der Waals surface area contributed by atoms with Gasteiger partial charge in [-0.1, -0.05) is 23.7 Å². The van der Waals surface area contributed by atoms with Crippen molar-refractivity contribution in [3.8, 4) is 0 Å². The highest BCUT2D eigenvalue weighted by atomic mass is 35.5. The lowest BCUT2D eigenvalue weighted by Crippen LogP contribution is -2.58. The lowest BCUT2D eigenvalue weighted by molar-refractivity contribution is 0.271. The molecular formula is C16H14ClF2N. The third-order valence-corrected chi connectivity index (χ3v) is 4.17. The van der Waals surface area contributed by atoms with Crippen LogP contribution in [0.3, 0.4) is 0 Å². The van der Waals surface area contributed by atoms with Gasteiger partial charge in [-0.25, -0.2) is 8.78 Å². The molecule has 0 atom stereocenters. The Morgan fingerprint density at radius 1 is 1.05 bits per heavy atom. The van der Waals surface area contributed by atoms with Crippen molar-refractivity contribution in [2.24, 2.45) is 0 Å². The maximum atomic E-state index is 13.8. The van der Waals surface area contributed by atoms with E-state index in [1.807, 2.05) is 24.3 Å². The third-order valence-electron chi connectivity index (χ3n) is 3.92. The summed E-state index contributed by atoms with van der Waals surface area (Å²) in [6.45, 7) is 1.51. The molecule has 1 aliphatic rings. The molecular weight excluding hydrogens is 280 g/mol. The van der Waals surface area contributed by atoms with Crippen LogP contribution < -0.4 is 5.32 Å². The predicted molar refractivity (Wildman–Crippen MR) is 76.1 cm³/mol. The molecule has 0 amide bonds. The van der Waals surface area contributed by atoms with E-state index in [0.29, 0.717) is 17.0 Å². The average Bonchev–Trinajstić information content (AvgIpc) is 2.39. The lowest BCUT2D eigenvalue weighted by Gasteiger charge is -2.43. The van der Waals surface area contributed by atoms with Crippen LogP contribution in [0.15, 0.2) is 42.5 Å². The van der Waals surface area contributed by atoms with Crippen LogP contribution in [0.25, 0.3) is 0 Å². The maximum Gasteiger partial charge on any atom is 0.126 e. The number of benzene rings is 2. The maximum absolute atomic E-state index is 13.8. The zero-order valence-electron chi connectivity index (χ0n) is 10.8. The second-order valence-corrected chi connectivity index (χ2v) is 5.74. The molecule has 1 N–H and O–H groups in total. The number of hydrogen-bond donors (Lipinski definition) is 1. The average molecular weight is 294 g/mol. The molecule has 0 aliphatic carbocycles. The van der Waals surface area contributed by atoms with E-state index in [2.05, 4.69) is 5.32 Å². The summed E-state index contributed by atoms with van der Waals surface area (Å²) >= 11 is 5.90. The molecule has 0 aromatic heterocycles. The molecule has 20 heavy (non-hydrogen) atoms. The first-order chi connectivity index (χ1) is 9.59. The summed E-state index contributed by atoms with van der Waals surface area (Å²) in [7, 11) is 0. The molecule has 2 aromatic rings. The molecule has 4 heteroatoms. The summed E-state index contributed by atoms with van der Waals surface area (Å²) in [5, 5.41) is 3.89. The highest BCUT2D eigenvalue weighted by Crippen LogP contribution is 2.34. The second kappa shape index (κ2) is 5.15. The van der Waals surface area contributed by atoms with Crippen LogP contribution in [0.2, 0.25) is 5.02 Å². The topological polar surface area (TPSA) is 12.0 Å². The Labute approximate surface area is 121 Å². The summed E-state index contributed by atoms with van der Waals surface area (Å²) in [6.07, 6.45) is 0.477. The van der Waals surface area contributed by atoms with Crippen molar-refractivity contribution in [1.82, 2.24) is 5.32 Å². The van der Waals surface area contributed by atoms with E-state index in [4.69, 9.17) is 11.6 Å². The van der Waals surface area contributed by atoms with Gasteiger partial charge in [0.05, 0.1) is 0 Å². The highest BCUT2D eigenvalue weighted by molar-refractivity contribution is 6.30. The van der Waals surface area contributed by atoms with Gasteiger partial charge in [-0.3, -0.25) is 0 Å². The molecule has 1 aliphatic heterocycles. The molecule has 1 nitrogen and oxygen atoms in total. The van der Waals surface area contributed by atoms with Crippen LogP contribution in [0.1, 0.15) is 11.1 Å². The Kier molecular flexibility index (Phi) is 3.48. The van der Waals surface area contributed by atoms with E-state index in [9.17, 15) is 8.78 Å². The van der Waals surface area contributed by atoms with Gasteiger partial charge in [-0.15, -0.1) is 0 Å². The van der Waals surface area contributed by atoms with Gasteiger partial charge in [0, 0.05) is 23.5 Å². The Morgan fingerprint density at radius 2 is 1.75 bits per heavy atom. The van der Waals surface area contributed by atoms with Crippen LogP contribution in [-0.4, -0.2) is 13.1 Å². The minimum atomic E-state index is -0.403. The molecule has 0 saturated carbocycles. The first kappa shape index (κ1) is 13.5. The minimum Gasteiger partial charge on any atom is -0.315 e. The van der Waals surface area contributed by atoms with Gasteiger partial charge >= 0.3 is 0 Å². The molecule has 0 radical (unpaired) electrons. The van der Waals surface area contributed by atoms with Crippen LogP contribution in [0.5, 0.6) is 0 Å². The highest BCUT2D eigenvalue weighted by Gasteiger charge is 2.39. The molecule has 0 bridgehead atoms. The second-order valence-electron chi connectivity index (χ2n) is 5.30. The van der Waals surface area contributed by atoms with Crippen LogP contribution >= 0.6 is 11.6 Å². The number of rotatable bonds is 3. The van der Waals surface area contributed by atoms with Gasteiger partial charge in [-0.05, 0) is 47.9 Å². The summed E-state index contributed by atoms with van der Waals surface area (Å²) in [5.41, 5.74) is 1.34. The number of hydrogen-bond acceptors (Lipinski definition) is 1. The van der Waals surface area contributed by atoms with E-state index in [1.54, 1.807) is 0 Å². The molecule has 1 heterocycles. The normalized spacial score (nSPS) is 16.8. The van der Waals surface area contributed by atoms with Crippen molar-refractivity contribution in [2.45, 2.75) is 11.8 Å². The molecule has 3 rings (SSSR count). The number of nitrogens with one attached hydrogen (secondary N) is 1. The molecule has 2 aromatic carbocycles. The Balaban J connectivity index is 1.93. The van der Waals surface area contributed by atoms with Gasteiger partial charge in [0.15, 0.2) is 0 Å². The van der Waals surface area contributed by atoms with Crippen molar-refractivity contribution >= 4 is 11.6 Å². The van der Waals surface area contributed by atoms with Crippen molar-refractivity contribution in [3.05, 3.63) is 70.2 Å². The van der Waals surface area contributed by atoms with Gasteiger partial charge in [0.2, 0.25) is 0 Å². The standard InChI is InChI=1S/C16H14ClF2N/c17-13-3-1-12(2-4-13)16(9-20-10-16)8-11-7-14(18)5-6-15(11)19/h1-7,20H,8-10H2. The van der Waals surface area contributed by atoms with E-state index in [-0.39, 0.29) is 11.2 Å². The van der Waals surface area contributed by atoms with Gasteiger partial charge in [0.1, 0.15) is 11.6 Å². The Morgan fingerprint density at radius 3 is 2.35 bits per heavy atom. The van der Waals surface area contributed by atoms with E-state index >= 15 is 0 Å². The Hall–Kier alpha value is -1.45. The predicted octanol–water partition coefficient (Wildman–Crippen LogP) is 3.70. The number of halogens is 3. The molecule has 0 unspecified atom stereocenters. The third kappa shape index (κ3) is 2.43. The van der Waals surface area contributed by atoms with Crippen LogP contribution in [-0.2, 0) is 11.8 Å². The first-order valence-electron chi connectivity index (χ1n) is 6.50. The zero-order chi connectivity index (χ0) is 14.2. The van der Waals surface area contributed by atoms with Gasteiger partial charge in [-0.2, -0.15) is 0 Å². The molecule has 1 saturated heterocycles. The fraction of sp³-hybridized carbons (Fsp3) is 0.250. The van der Waals surface area contributed by atoms with Crippen LogP contribution in [0, 0.1) is 11.6 Å². The quantitative estimate of drug-likeness (QED) is 0.910. The van der Waals surface area contributed by atoms with Crippen molar-refractivity contribution in [1.29, 1.82) is 0 Å². The fourth-order valence-corrected chi connectivity index (χ4v) is 2.83. The molecule has 1 fully saturated rings. The lowest BCUT2D eigenvalue weighted by atomic mass is 9.71. The first-order valence-corrected chi connectivity index (χ1v) is 6.88. The largest absolute Gasteiger partial charge is 0.315 e. The van der Waals surface area contributed by atoms with E-state index in [1.165, 1.54) is 12.1 Å². The van der Waals surface area contributed by atoms with Crippen molar-refractivity contribution in [3.63, 3.8) is 0 Å². The SMILES string of the molecule is Fc1ccc(F)c(CC2(c3ccc(Cl)cc3)CNC2)c1. The summed E-state index contributed by atoms with van der Waals surface area (Å²) in [5.74, 6) is -0.758. The monoisotopic (exact) mass is 293 g/mol.